The molecule has 0 saturated heterocycles. The fourth-order valence-electron chi connectivity index (χ4n) is 3.91. The monoisotopic (exact) mass is 282 g/mol. The minimum absolute atomic E-state index is 0.118. The Morgan fingerprint density at radius 2 is 1.90 bits per heavy atom. The number of nitrogens with one attached hydrogen (secondary N) is 1. The van der Waals surface area contributed by atoms with E-state index in [4.69, 9.17) is 0 Å². The molecule has 2 aliphatic rings. The van der Waals surface area contributed by atoms with Gasteiger partial charge in [-0.2, -0.15) is 0 Å². The van der Waals surface area contributed by atoms with E-state index in [-0.39, 0.29) is 12.1 Å². The molecule has 0 aromatic heterocycles. The minimum Gasteiger partial charge on any atom is -0.394 e. The lowest BCUT2D eigenvalue weighted by atomic mass is 9.83. The van der Waals surface area contributed by atoms with Gasteiger partial charge in [-0.3, -0.25) is 0 Å². The van der Waals surface area contributed by atoms with Crippen molar-refractivity contribution >= 4 is 0 Å². The highest BCUT2D eigenvalue weighted by Gasteiger charge is 2.35. The quantitative estimate of drug-likeness (QED) is 0.754. The molecule has 0 heterocycles. The number of aliphatic hydroxyl groups is 1. The van der Waals surface area contributed by atoms with E-state index in [1.54, 1.807) is 0 Å². The molecule has 0 aliphatic heterocycles. The molecule has 4 atom stereocenters. The van der Waals surface area contributed by atoms with E-state index < -0.39 is 0 Å². The van der Waals surface area contributed by atoms with E-state index in [0.717, 1.165) is 18.4 Å². The van der Waals surface area contributed by atoms with Crippen molar-refractivity contribution in [2.24, 2.45) is 5.92 Å². The lowest BCUT2D eigenvalue weighted by Gasteiger charge is -2.42. The topological polar surface area (TPSA) is 35.5 Å². The molecule has 4 unspecified atom stereocenters. The van der Waals surface area contributed by atoms with Crippen LogP contribution in [0.1, 0.15) is 65.7 Å². The summed E-state index contributed by atoms with van der Waals surface area (Å²) in [5.41, 5.74) is -0.118. The fraction of sp³-hybridized carbons (Fsp3) is 1.00. The maximum absolute atomic E-state index is 9.77. The average molecular weight is 282 g/mol. The molecule has 2 rings (SSSR count). The van der Waals surface area contributed by atoms with Gasteiger partial charge < -0.3 is 15.3 Å². The number of nitrogens with zero attached hydrogens (tertiary/aromatic N) is 1. The average Bonchev–Trinajstić information content (AvgIpc) is 3.22. The summed E-state index contributed by atoms with van der Waals surface area (Å²) in [6.07, 6.45) is 9.08. The van der Waals surface area contributed by atoms with Gasteiger partial charge in [-0.15, -0.1) is 0 Å². The second-order valence-corrected chi connectivity index (χ2v) is 7.69. The van der Waals surface area contributed by atoms with Crippen molar-refractivity contribution in [2.75, 3.05) is 13.7 Å². The Labute approximate surface area is 125 Å². The summed E-state index contributed by atoms with van der Waals surface area (Å²) in [6.45, 7) is 7.15. The number of rotatable bonds is 7. The predicted molar refractivity (Wildman–Crippen MR) is 84.9 cm³/mol. The molecule has 20 heavy (non-hydrogen) atoms. The van der Waals surface area contributed by atoms with E-state index in [0.29, 0.717) is 12.1 Å². The summed E-state index contributed by atoms with van der Waals surface area (Å²) < 4.78 is 0. The zero-order chi connectivity index (χ0) is 14.8. The first-order valence-electron chi connectivity index (χ1n) is 8.55. The van der Waals surface area contributed by atoms with Crippen LogP contribution in [0.3, 0.4) is 0 Å². The summed E-state index contributed by atoms with van der Waals surface area (Å²) >= 11 is 0. The molecule has 3 heteroatoms. The van der Waals surface area contributed by atoms with Gasteiger partial charge in [-0.05, 0) is 58.9 Å². The lowest BCUT2D eigenvalue weighted by Crippen LogP contribution is -2.53. The Morgan fingerprint density at radius 1 is 1.25 bits per heavy atom. The summed E-state index contributed by atoms with van der Waals surface area (Å²) in [5, 5.41) is 13.4. The summed E-state index contributed by atoms with van der Waals surface area (Å²) in [5.74, 6) is 0.813. The van der Waals surface area contributed by atoms with E-state index in [9.17, 15) is 5.11 Å². The third-order valence-electron chi connectivity index (χ3n) is 5.51. The largest absolute Gasteiger partial charge is 0.394 e. The van der Waals surface area contributed by atoms with Crippen molar-refractivity contribution in [1.29, 1.82) is 0 Å². The zero-order valence-electron chi connectivity index (χ0n) is 13.9. The van der Waals surface area contributed by atoms with Crippen LogP contribution < -0.4 is 5.32 Å². The fourth-order valence-corrected chi connectivity index (χ4v) is 3.91. The first-order valence-corrected chi connectivity index (χ1v) is 8.55. The van der Waals surface area contributed by atoms with Crippen molar-refractivity contribution in [3.63, 3.8) is 0 Å². The second kappa shape index (κ2) is 6.76. The van der Waals surface area contributed by atoms with E-state index in [1.807, 2.05) is 0 Å². The smallest absolute Gasteiger partial charge is 0.0611 e. The van der Waals surface area contributed by atoms with Crippen molar-refractivity contribution in [3.05, 3.63) is 0 Å². The highest BCUT2D eigenvalue weighted by atomic mass is 16.3. The van der Waals surface area contributed by atoms with Gasteiger partial charge in [0.1, 0.15) is 0 Å². The summed E-state index contributed by atoms with van der Waals surface area (Å²) in [6, 6.07) is 1.89. The van der Waals surface area contributed by atoms with Crippen LogP contribution in [0.5, 0.6) is 0 Å². The molecule has 0 radical (unpaired) electrons. The summed E-state index contributed by atoms with van der Waals surface area (Å²) in [4.78, 5) is 2.58. The Balaban J connectivity index is 1.89. The van der Waals surface area contributed by atoms with Gasteiger partial charge in [0.2, 0.25) is 0 Å². The van der Waals surface area contributed by atoms with Gasteiger partial charge in [0, 0.05) is 23.7 Å². The minimum atomic E-state index is -0.118. The van der Waals surface area contributed by atoms with Crippen LogP contribution in [-0.2, 0) is 0 Å². The number of hydrogen-bond donors (Lipinski definition) is 2. The van der Waals surface area contributed by atoms with Gasteiger partial charge in [-0.25, -0.2) is 0 Å². The third kappa shape index (κ3) is 4.19. The standard InChI is InChI=1S/C17H34N2O/c1-13-7-5-6-8-16(13)19(4)14(2)11-17(3,12-20)18-15-9-10-15/h13-16,18,20H,5-12H2,1-4H3. The lowest BCUT2D eigenvalue weighted by molar-refractivity contribution is 0.0691. The van der Waals surface area contributed by atoms with Crippen molar-refractivity contribution in [1.82, 2.24) is 10.2 Å². The van der Waals surface area contributed by atoms with Crippen LogP contribution in [-0.4, -0.2) is 47.3 Å². The molecule has 3 nitrogen and oxygen atoms in total. The normalized spacial score (nSPS) is 32.1. The van der Waals surface area contributed by atoms with Crippen molar-refractivity contribution in [2.45, 2.75) is 89.4 Å². The highest BCUT2D eigenvalue weighted by Crippen LogP contribution is 2.31. The van der Waals surface area contributed by atoms with Gasteiger partial charge in [0.05, 0.1) is 6.61 Å². The molecule has 2 aliphatic carbocycles. The van der Waals surface area contributed by atoms with E-state index >= 15 is 0 Å². The molecule has 0 spiro atoms. The molecule has 2 N–H and O–H groups in total. The Morgan fingerprint density at radius 3 is 2.45 bits per heavy atom. The van der Waals surface area contributed by atoms with Gasteiger partial charge in [0.15, 0.2) is 0 Å². The maximum Gasteiger partial charge on any atom is 0.0611 e. The van der Waals surface area contributed by atoms with Crippen molar-refractivity contribution < 1.29 is 5.11 Å². The second-order valence-electron chi connectivity index (χ2n) is 7.69. The van der Waals surface area contributed by atoms with E-state index in [2.05, 4.69) is 38.0 Å². The number of hydrogen-bond acceptors (Lipinski definition) is 3. The predicted octanol–water partition coefficient (Wildman–Crippen LogP) is 2.78. The molecule has 2 saturated carbocycles. The van der Waals surface area contributed by atoms with Crippen LogP contribution in [0.4, 0.5) is 0 Å². The van der Waals surface area contributed by atoms with Crippen molar-refractivity contribution in [3.8, 4) is 0 Å². The van der Waals surface area contributed by atoms with Gasteiger partial charge in [0.25, 0.3) is 0 Å². The number of aliphatic hydroxyl groups excluding tert-OH is 1. The SMILES string of the molecule is CC1CCCCC1N(C)C(C)CC(C)(CO)NC1CC1. The van der Waals surface area contributed by atoms with Crippen LogP contribution >= 0.6 is 0 Å². The van der Waals surface area contributed by atoms with Gasteiger partial charge >= 0.3 is 0 Å². The Hall–Kier alpha value is -0.120. The Kier molecular flexibility index (Phi) is 5.49. The van der Waals surface area contributed by atoms with Crippen LogP contribution in [0.15, 0.2) is 0 Å². The van der Waals surface area contributed by atoms with Crippen LogP contribution in [0.2, 0.25) is 0 Å². The van der Waals surface area contributed by atoms with Gasteiger partial charge in [-0.1, -0.05) is 19.8 Å². The summed E-state index contributed by atoms with van der Waals surface area (Å²) in [7, 11) is 2.28. The molecule has 0 bridgehead atoms. The van der Waals surface area contributed by atoms with Crippen LogP contribution in [0, 0.1) is 5.92 Å². The first-order chi connectivity index (χ1) is 9.45. The third-order valence-corrected chi connectivity index (χ3v) is 5.51. The van der Waals surface area contributed by atoms with Crippen LogP contribution in [0.25, 0.3) is 0 Å². The van der Waals surface area contributed by atoms with E-state index in [1.165, 1.54) is 38.5 Å². The molecular weight excluding hydrogens is 248 g/mol. The zero-order valence-corrected chi connectivity index (χ0v) is 13.9. The molecule has 0 aromatic carbocycles. The molecule has 0 amide bonds. The molecule has 118 valence electrons. The Bertz CT molecular complexity index is 305. The first kappa shape index (κ1) is 16.3. The molecule has 0 aromatic rings. The maximum atomic E-state index is 9.77. The molecular formula is C17H34N2O. The molecule has 2 fully saturated rings. The highest BCUT2D eigenvalue weighted by molar-refractivity contribution is 4.95.